The normalized spacial score (nSPS) is 9.85. The number of amides is 1. The van der Waals surface area contributed by atoms with Gasteiger partial charge in [-0.1, -0.05) is 30.3 Å². The van der Waals surface area contributed by atoms with E-state index >= 15 is 0 Å². The molecule has 0 aliphatic heterocycles. The number of nitrogens with one attached hydrogen (secondary N) is 1. The molecule has 1 amide bonds. The molecule has 0 atom stereocenters. The van der Waals surface area contributed by atoms with Crippen LogP contribution >= 0.6 is 0 Å². The first-order chi connectivity index (χ1) is 9.72. The Bertz CT molecular complexity index is 623. The standard InChI is InChI=1S/C16H15NO3/c1-17-16(19)11-20-15-7-3-6-14(9-15)13-5-2-4-12(8-13)10-18/h2-10H,11H2,1H3,(H,17,19). The minimum absolute atomic E-state index is 0.0195. The fourth-order valence-corrected chi connectivity index (χ4v) is 1.78. The number of aldehydes is 1. The number of ether oxygens (including phenoxy) is 1. The zero-order valence-electron chi connectivity index (χ0n) is 11.1. The second-order valence-corrected chi connectivity index (χ2v) is 4.23. The molecule has 2 rings (SSSR count). The number of benzene rings is 2. The van der Waals surface area contributed by atoms with Crippen molar-refractivity contribution in [3.63, 3.8) is 0 Å². The van der Waals surface area contributed by atoms with Gasteiger partial charge in [-0.05, 0) is 29.3 Å². The Morgan fingerprint density at radius 2 is 1.85 bits per heavy atom. The average Bonchev–Trinajstić information content (AvgIpc) is 2.53. The Kier molecular flexibility index (Phi) is 4.50. The number of carbonyl (C=O) groups excluding carboxylic acids is 2. The van der Waals surface area contributed by atoms with Crippen LogP contribution in [0.5, 0.6) is 5.75 Å². The van der Waals surface area contributed by atoms with Gasteiger partial charge >= 0.3 is 0 Å². The zero-order chi connectivity index (χ0) is 14.4. The number of carbonyl (C=O) groups is 2. The van der Waals surface area contributed by atoms with Crippen LogP contribution in [0.4, 0.5) is 0 Å². The van der Waals surface area contributed by atoms with E-state index in [4.69, 9.17) is 4.74 Å². The Labute approximate surface area is 117 Å². The molecular formula is C16H15NO3. The highest BCUT2D eigenvalue weighted by molar-refractivity contribution is 5.79. The predicted octanol–water partition coefficient (Wildman–Crippen LogP) is 2.29. The van der Waals surface area contributed by atoms with Gasteiger partial charge in [-0.15, -0.1) is 0 Å². The second-order valence-electron chi connectivity index (χ2n) is 4.23. The summed E-state index contributed by atoms with van der Waals surface area (Å²) in [4.78, 5) is 21.9. The molecule has 0 spiro atoms. The molecule has 0 saturated heterocycles. The summed E-state index contributed by atoms with van der Waals surface area (Å²) < 4.78 is 5.40. The third kappa shape index (κ3) is 3.45. The van der Waals surface area contributed by atoms with Crippen LogP contribution in [-0.4, -0.2) is 25.8 Å². The molecule has 2 aromatic rings. The molecule has 0 fully saturated rings. The van der Waals surface area contributed by atoms with E-state index in [1.807, 2.05) is 36.4 Å². The third-order valence-electron chi connectivity index (χ3n) is 2.84. The van der Waals surface area contributed by atoms with E-state index in [0.29, 0.717) is 11.3 Å². The van der Waals surface area contributed by atoms with Gasteiger partial charge in [0.1, 0.15) is 12.0 Å². The second kappa shape index (κ2) is 6.52. The summed E-state index contributed by atoms with van der Waals surface area (Å²) in [6, 6.07) is 14.7. The lowest BCUT2D eigenvalue weighted by atomic mass is 10.0. The maximum atomic E-state index is 11.1. The minimum atomic E-state index is -0.182. The monoisotopic (exact) mass is 269 g/mol. The molecule has 0 heterocycles. The highest BCUT2D eigenvalue weighted by Crippen LogP contribution is 2.24. The van der Waals surface area contributed by atoms with Crippen molar-refractivity contribution in [3.05, 3.63) is 54.1 Å². The van der Waals surface area contributed by atoms with Crippen molar-refractivity contribution in [1.82, 2.24) is 5.32 Å². The lowest BCUT2D eigenvalue weighted by molar-refractivity contribution is -0.122. The summed E-state index contributed by atoms with van der Waals surface area (Å²) in [5.74, 6) is 0.431. The summed E-state index contributed by atoms with van der Waals surface area (Å²) in [6.45, 7) is -0.0195. The van der Waals surface area contributed by atoms with Crippen LogP contribution in [0.1, 0.15) is 10.4 Å². The highest BCUT2D eigenvalue weighted by atomic mass is 16.5. The van der Waals surface area contributed by atoms with Crippen molar-refractivity contribution in [3.8, 4) is 16.9 Å². The van der Waals surface area contributed by atoms with Crippen LogP contribution in [-0.2, 0) is 4.79 Å². The molecule has 0 bridgehead atoms. The first-order valence-electron chi connectivity index (χ1n) is 6.22. The Morgan fingerprint density at radius 3 is 2.55 bits per heavy atom. The quantitative estimate of drug-likeness (QED) is 0.847. The number of hydrogen-bond acceptors (Lipinski definition) is 3. The van der Waals surface area contributed by atoms with Gasteiger partial charge < -0.3 is 10.1 Å². The van der Waals surface area contributed by atoms with E-state index in [9.17, 15) is 9.59 Å². The first-order valence-corrected chi connectivity index (χ1v) is 6.22. The van der Waals surface area contributed by atoms with Crippen LogP contribution in [0.25, 0.3) is 11.1 Å². The van der Waals surface area contributed by atoms with Crippen molar-refractivity contribution < 1.29 is 14.3 Å². The van der Waals surface area contributed by atoms with Crippen LogP contribution < -0.4 is 10.1 Å². The van der Waals surface area contributed by atoms with E-state index in [-0.39, 0.29) is 12.5 Å². The molecule has 4 heteroatoms. The average molecular weight is 269 g/mol. The minimum Gasteiger partial charge on any atom is -0.484 e. The molecule has 0 aliphatic rings. The molecule has 0 unspecified atom stereocenters. The number of likely N-dealkylation sites (N-methyl/N-ethyl adjacent to an activating group) is 1. The summed E-state index contributed by atoms with van der Waals surface area (Å²) in [5.41, 5.74) is 2.49. The Balaban J connectivity index is 2.20. The van der Waals surface area contributed by atoms with Gasteiger partial charge in [0.05, 0.1) is 0 Å². The first kappa shape index (κ1) is 13.8. The van der Waals surface area contributed by atoms with Crippen molar-refractivity contribution in [1.29, 1.82) is 0 Å². The highest BCUT2D eigenvalue weighted by Gasteiger charge is 2.03. The lowest BCUT2D eigenvalue weighted by Crippen LogP contribution is -2.24. The third-order valence-corrected chi connectivity index (χ3v) is 2.84. The molecule has 0 radical (unpaired) electrons. The van der Waals surface area contributed by atoms with Gasteiger partial charge in [0.25, 0.3) is 5.91 Å². The van der Waals surface area contributed by atoms with Gasteiger partial charge in [-0.3, -0.25) is 9.59 Å². The zero-order valence-corrected chi connectivity index (χ0v) is 11.1. The maximum Gasteiger partial charge on any atom is 0.257 e. The lowest BCUT2D eigenvalue weighted by Gasteiger charge is -2.08. The van der Waals surface area contributed by atoms with Crippen molar-refractivity contribution in [2.75, 3.05) is 13.7 Å². The molecular weight excluding hydrogens is 254 g/mol. The van der Waals surface area contributed by atoms with Crippen molar-refractivity contribution >= 4 is 12.2 Å². The number of rotatable bonds is 5. The van der Waals surface area contributed by atoms with Gasteiger partial charge in [-0.2, -0.15) is 0 Å². The summed E-state index contributed by atoms with van der Waals surface area (Å²) in [7, 11) is 1.56. The van der Waals surface area contributed by atoms with Gasteiger partial charge in [0, 0.05) is 12.6 Å². The number of hydrogen-bond donors (Lipinski definition) is 1. The fraction of sp³-hybridized carbons (Fsp3) is 0.125. The Hall–Kier alpha value is -2.62. The van der Waals surface area contributed by atoms with Gasteiger partial charge in [0.2, 0.25) is 0 Å². The van der Waals surface area contributed by atoms with Gasteiger partial charge in [-0.25, -0.2) is 0 Å². The summed E-state index contributed by atoms with van der Waals surface area (Å²) in [5, 5.41) is 2.49. The molecule has 2 aromatic carbocycles. The largest absolute Gasteiger partial charge is 0.484 e. The van der Waals surface area contributed by atoms with E-state index in [1.54, 1.807) is 19.2 Å². The SMILES string of the molecule is CNC(=O)COc1cccc(-c2cccc(C=O)c2)c1. The van der Waals surface area contributed by atoms with Crippen LogP contribution in [0, 0.1) is 0 Å². The fourth-order valence-electron chi connectivity index (χ4n) is 1.78. The summed E-state index contributed by atoms with van der Waals surface area (Å²) >= 11 is 0. The van der Waals surface area contributed by atoms with Crippen LogP contribution in [0.2, 0.25) is 0 Å². The molecule has 20 heavy (non-hydrogen) atoms. The molecule has 0 aliphatic carbocycles. The van der Waals surface area contributed by atoms with Crippen molar-refractivity contribution in [2.45, 2.75) is 0 Å². The van der Waals surface area contributed by atoms with E-state index in [0.717, 1.165) is 17.4 Å². The van der Waals surface area contributed by atoms with E-state index < -0.39 is 0 Å². The molecule has 4 nitrogen and oxygen atoms in total. The Morgan fingerprint density at radius 1 is 1.15 bits per heavy atom. The smallest absolute Gasteiger partial charge is 0.257 e. The van der Waals surface area contributed by atoms with E-state index in [2.05, 4.69) is 5.32 Å². The maximum absolute atomic E-state index is 11.1. The predicted molar refractivity (Wildman–Crippen MR) is 76.8 cm³/mol. The van der Waals surface area contributed by atoms with Crippen LogP contribution in [0.15, 0.2) is 48.5 Å². The molecule has 0 aromatic heterocycles. The van der Waals surface area contributed by atoms with Gasteiger partial charge in [0.15, 0.2) is 6.61 Å². The molecule has 0 saturated carbocycles. The molecule has 102 valence electrons. The van der Waals surface area contributed by atoms with Crippen molar-refractivity contribution in [2.24, 2.45) is 0 Å². The van der Waals surface area contributed by atoms with Crippen LogP contribution in [0.3, 0.4) is 0 Å². The topological polar surface area (TPSA) is 55.4 Å². The van der Waals surface area contributed by atoms with E-state index in [1.165, 1.54) is 0 Å². The molecule has 1 N–H and O–H groups in total. The summed E-state index contributed by atoms with van der Waals surface area (Å²) in [6.07, 6.45) is 0.815.